The summed E-state index contributed by atoms with van der Waals surface area (Å²) in [5.74, 6) is 1.14. The summed E-state index contributed by atoms with van der Waals surface area (Å²) in [6.45, 7) is 3.19. The maximum Gasteiger partial charge on any atom is 0.257 e. The van der Waals surface area contributed by atoms with E-state index < -0.39 is 0 Å². The van der Waals surface area contributed by atoms with Crippen molar-refractivity contribution in [1.29, 1.82) is 0 Å². The highest BCUT2D eigenvalue weighted by Gasteiger charge is 2.32. The largest absolute Gasteiger partial charge is 0.469 e. The van der Waals surface area contributed by atoms with E-state index in [0.29, 0.717) is 24.4 Å². The van der Waals surface area contributed by atoms with Crippen molar-refractivity contribution in [3.63, 3.8) is 0 Å². The number of amides is 2. The van der Waals surface area contributed by atoms with Crippen molar-refractivity contribution in [3.05, 3.63) is 23.7 Å². The maximum absolute atomic E-state index is 12.3. The van der Waals surface area contributed by atoms with E-state index in [0.717, 1.165) is 25.7 Å². The fraction of sp³-hybridized carbons (Fsp3) is 0.600. The molecule has 1 N–H and O–H groups in total. The molecular weight excluding hydrogens is 256 g/mol. The first kappa shape index (κ1) is 13.2. The van der Waals surface area contributed by atoms with Crippen LogP contribution in [0, 0.1) is 12.8 Å². The lowest BCUT2D eigenvalue weighted by Gasteiger charge is -2.32. The molecule has 5 heteroatoms. The minimum Gasteiger partial charge on any atom is -0.469 e. The molecule has 0 unspecified atom stereocenters. The number of nitrogens with one attached hydrogen (secondary N) is 1. The van der Waals surface area contributed by atoms with Crippen molar-refractivity contribution in [3.8, 4) is 0 Å². The van der Waals surface area contributed by atoms with Crippen molar-refractivity contribution in [2.45, 2.75) is 38.6 Å². The first-order valence-corrected chi connectivity index (χ1v) is 7.29. The van der Waals surface area contributed by atoms with Crippen LogP contribution in [0.3, 0.4) is 0 Å². The molecule has 20 heavy (non-hydrogen) atoms. The predicted molar refractivity (Wildman–Crippen MR) is 73.2 cm³/mol. The van der Waals surface area contributed by atoms with E-state index in [1.54, 1.807) is 19.3 Å². The minimum absolute atomic E-state index is 0.0308. The number of nitrogens with zero attached hydrogens (tertiary/aromatic N) is 1. The van der Waals surface area contributed by atoms with E-state index in [9.17, 15) is 9.59 Å². The Labute approximate surface area is 118 Å². The van der Waals surface area contributed by atoms with Crippen molar-refractivity contribution in [2.75, 3.05) is 13.1 Å². The Morgan fingerprint density at radius 1 is 1.25 bits per heavy atom. The minimum atomic E-state index is 0.0308. The zero-order chi connectivity index (χ0) is 14.1. The third kappa shape index (κ3) is 2.71. The topological polar surface area (TPSA) is 62.6 Å². The van der Waals surface area contributed by atoms with E-state index in [-0.39, 0.29) is 23.8 Å². The molecule has 5 nitrogen and oxygen atoms in total. The van der Waals surface area contributed by atoms with Crippen LogP contribution in [-0.4, -0.2) is 35.8 Å². The second kappa shape index (κ2) is 5.31. The van der Waals surface area contributed by atoms with Crippen LogP contribution in [0.5, 0.6) is 0 Å². The molecule has 2 amide bonds. The monoisotopic (exact) mass is 276 g/mol. The summed E-state index contributed by atoms with van der Waals surface area (Å²) < 4.78 is 5.18. The Morgan fingerprint density at radius 3 is 2.50 bits per heavy atom. The number of hydrogen-bond donors (Lipinski definition) is 1. The molecule has 0 aromatic carbocycles. The second-order valence-corrected chi connectivity index (χ2v) is 5.74. The SMILES string of the molecule is Cc1occc1C(=O)N1CCC(NC(=O)C2CC2)CC1. The summed E-state index contributed by atoms with van der Waals surface area (Å²) in [5.41, 5.74) is 0.644. The third-order valence-corrected chi connectivity index (χ3v) is 4.17. The van der Waals surface area contributed by atoms with Crippen molar-refractivity contribution in [2.24, 2.45) is 5.92 Å². The predicted octanol–water partition coefficient (Wildman–Crippen LogP) is 1.72. The summed E-state index contributed by atoms with van der Waals surface area (Å²) in [6.07, 6.45) is 5.28. The summed E-state index contributed by atoms with van der Waals surface area (Å²) in [4.78, 5) is 25.9. The number of furan rings is 1. The number of carbonyl (C=O) groups is 2. The van der Waals surface area contributed by atoms with Gasteiger partial charge in [0.1, 0.15) is 5.76 Å². The van der Waals surface area contributed by atoms with Crippen LogP contribution in [0.2, 0.25) is 0 Å². The van der Waals surface area contributed by atoms with Crippen LogP contribution < -0.4 is 5.32 Å². The van der Waals surface area contributed by atoms with Gasteiger partial charge in [-0.3, -0.25) is 9.59 Å². The van der Waals surface area contributed by atoms with Crippen molar-refractivity contribution in [1.82, 2.24) is 10.2 Å². The van der Waals surface area contributed by atoms with Gasteiger partial charge >= 0.3 is 0 Å². The van der Waals surface area contributed by atoms with Gasteiger partial charge in [0.2, 0.25) is 5.91 Å². The van der Waals surface area contributed by atoms with Gasteiger partial charge in [-0.05, 0) is 38.7 Å². The Morgan fingerprint density at radius 2 is 1.95 bits per heavy atom. The van der Waals surface area contributed by atoms with Crippen molar-refractivity contribution < 1.29 is 14.0 Å². The molecule has 0 spiro atoms. The summed E-state index contributed by atoms with van der Waals surface area (Å²) >= 11 is 0. The van der Waals surface area contributed by atoms with Gasteiger partial charge in [0.05, 0.1) is 11.8 Å². The van der Waals surface area contributed by atoms with Gasteiger partial charge in [0.25, 0.3) is 5.91 Å². The fourth-order valence-corrected chi connectivity index (χ4v) is 2.67. The van der Waals surface area contributed by atoms with Crippen LogP contribution in [0.4, 0.5) is 0 Å². The number of aryl methyl sites for hydroxylation is 1. The highest BCUT2D eigenvalue weighted by Crippen LogP contribution is 2.29. The number of piperidine rings is 1. The highest BCUT2D eigenvalue weighted by molar-refractivity contribution is 5.95. The van der Waals surface area contributed by atoms with Crippen LogP contribution in [-0.2, 0) is 4.79 Å². The van der Waals surface area contributed by atoms with Gasteiger partial charge in [0.15, 0.2) is 0 Å². The lowest BCUT2D eigenvalue weighted by molar-refractivity contribution is -0.123. The zero-order valence-electron chi connectivity index (χ0n) is 11.7. The highest BCUT2D eigenvalue weighted by atomic mass is 16.3. The van der Waals surface area contributed by atoms with E-state index in [2.05, 4.69) is 5.32 Å². The fourth-order valence-electron chi connectivity index (χ4n) is 2.67. The molecule has 0 bridgehead atoms. The summed E-state index contributed by atoms with van der Waals surface area (Å²) in [6, 6.07) is 1.94. The van der Waals surface area contributed by atoms with Crippen molar-refractivity contribution >= 4 is 11.8 Å². The molecule has 1 aliphatic carbocycles. The van der Waals surface area contributed by atoms with Crippen LogP contribution in [0.25, 0.3) is 0 Å². The van der Waals surface area contributed by atoms with E-state index in [1.165, 1.54) is 0 Å². The van der Waals surface area contributed by atoms with Gasteiger partial charge in [-0.2, -0.15) is 0 Å². The smallest absolute Gasteiger partial charge is 0.257 e. The van der Waals surface area contributed by atoms with Crippen LogP contribution in [0.15, 0.2) is 16.7 Å². The maximum atomic E-state index is 12.3. The molecule has 1 aromatic heterocycles. The Bertz CT molecular complexity index is 511. The molecule has 2 heterocycles. The molecule has 1 saturated carbocycles. The normalized spacial score (nSPS) is 19.9. The average molecular weight is 276 g/mol. The Hall–Kier alpha value is -1.78. The van der Waals surface area contributed by atoms with Gasteiger partial charge < -0.3 is 14.6 Å². The molecule has 0 radical (unpaired) electrons. The Kier molecular flexibility index (Phi) is 3.51. The number of likely N-dealkylation sites (tertiary alicyclic amines) is 1. The molecule has 3 rings (SSSR count). The van der Waals surface area contributed by atoms with Crippen LogP contribution in [0.1, 0.15) is 41.8 Å². The standard InChI is InChI=1S/C15H20N2O3/c1-10-13(6-9-20-10)15(19)17-7-4-12(5-8-17)16-14(18)11-2-3-11/h6,9,11-12H,2-5,7-8H2,1H3,(H,16,18). The Balaban J connectivity index is 1.52. The lowest BCUT2D eigenvalue weighted by atomic mass is 10.0. The van der Waals surface area contributed by atoms with Gasteiger partial charge in [-0.15, -0.1) is 0 Å². The van der Waals surface area contributed by atoms with E-state index in [4.69, 9.17) is 4.42 Å². The molecule has 108 valence electrons. The van der Waals surface area contributed by atoms with Gasteiger partial charge in [-0.1, -0.05) is 0 Å². The summed E-state index contributed by atoms with van der Waals surface area (Å²) in [5, 5.41) is 3.09. The number of carbonyl (C=O) groups excluding carboxylic acids is 2. The molecular formula is C15H20N2O3. The van der Waals surface area contributed by atoms with E-state index in [1.807, 2.05) is 4.90 Å². The number of rotatable bonds is 3. The van der Waals surface area contributed by atoms with E-state index >= 15 is 0 Å². The quantitative estimate of drug-likeness (QED) is 0.914. The first-order valence-electron chi connectivity index (χ1n) is 7.29. The zero-order valence-corrected chi connectivity index (χ0v) is 11.7. The molecule has 1 aliphatic heterocycles. The molecule has 0 atom stereocenters. The first-order chi connectivity index (χ1) is 9.65. The molecule has 2 aliphatic rings. The lowest BCUT2D eigenvalue weighted by Crippen LogP contribution is -2.47. The van der Waals surface area contributed by atoms with Gasteiger partial charge in [0, 0.05) is 25.0 Å². The van der Waals surface area contributed by atoms with Crippen LogP contribution >= 0.6 is 0 Å². The average Bonchev–Trinajstić information content (AvgIpc) is 3.21. The molecule has 2 fully saturated rings. The summed E-state index contributed by atoms with van der Waals surface area (Å²) in [7, 11) is 0. The molecule has 1 aromatic rings. The number of hydrogen-bond acceptors (Lipinski definition) is 3. The van der Waals surface area contributed by atoms with Gasteiger partial charge in [-0.25, -0.2) is 0 Å². The second-order valence-electron chi connectivity index (χ2n) is 5.74. The molecule has 1 saturated heterocycles. The third-order valence-electron chi connectivity index (χ3n) is 4.17.